The van der Waals surface area contributed by atoms with Crippen molar-refractivity contribution in [2.75, 3.05) is 19.7 Å². The minimum Gasteiger partial charge on any atom is -0.483 e. The topological polar surface area (TPSA) is 66.8 Å². The second kappa shape index (κ2) is 7.13. The number of aliphatic carboxylic acids is 1. The van der Waals surface area contributed by atoms with Crippen molar-refractivity contribution in [3.05, 3.63) is 27.7 Å². The molecule has 1 fully saturated rings. The van der Waals surface area contributed by atoms with Gasteiger partial charge in [0.15, 0.2) is 6.61 Å². The standard InChI is InChI=1S/C14H15BrClNO4/c15-11-6-10(16)3-4-12(11)21-8-13(18)17-5-1-2-9(7-17)14(19)20/h3-4,6,9H,1-2,5,7-8H2,(H,19,20). The predicted octanol–water partition coefficient (Wildman–Crippen LogP) is 2.80. The van der Waals surface area contributed by atoms with E-state index in [-0.39, 0.29) is 19.1 Å². The Labute approximate surface area is 136 Å². The van der Waals surface area contributed by atoms with Gasteiger partial charge in [-0.15, -0.1) is 0 Å². The molecule has 0 aromatic heterocycles. The molecule has 1 heterocycles. The molecule has 0 spiro atoms. The Morgan fingerprint density at radius 1 is 1.48 bits per heavy atom. The van der Waals surface area contributed by atoms with E-state index >= 15 is 0 Å². The van der Waals surface area contributed by atoms with Crippen LogP contribution in [-0.2, 0) is 9.59 Å². The van der Waals surface area contributed by atoms with E-state index in [1.807, 2.05) is 0 Å². The normalized spacial score (nSPS) is 18.4. The maximum absolute atomic E-state index is 12.1. The summed E-state index contributed by atoms with van der Waals surface area (Å²) in [4.78, 5) is 24.6. The van der Waals surface area contributed by atoms with Crippen LogP contribution in [0.1, 0.15) is 12.8 Å². The predicted molar refractivity (Wildman–Crippen MR) is 81.6 cm³/mol. The average Bonchev–Trinajstić information content (AvgIpc) is 2.46. The van der Waals surface area contributed by atoms with Crippen LogP contribution in [0.5, 0.6) is 5.75 Å². The first-order valence-electron chi connectivity index (χ1n) is 6.56. The van der Waals surface area contributed by atoms with Gasteiger partial charge in [-0.3, -0.25) is 9.59 Å². The number of piperidine rings is 1. The summed E-state index contributed by atoms with van der Waals surface area (Å²) >= 11 is 9.14. The minimum atomic E-state index is -0.853. The zero-order valence-electron chi connectivity index (χ0n) is 11.2. The molecule has 1 N–H and O–H groups in total. The summed E-state index contributed by atoms with van der Waals surface area (Å²) in [6, 6.07) is 5.03. The van der Waals surface area contributed by atoms with Crippen molar-refractivity contribution in [2.45, 2.75) is 12.8 Å². The van der Waals surface area contributed by atoms with Gasteiger partial charge in [-0.25, -0.2) is 0 Å². The van der Waals surface area contributed by atoms with Crippen LogP contribution >= 0.6 is 27.5 Å². The molecule has 0 saturated carbocycles. The molecule has 0 aliphatic carbocycles. The molecule has 1 aliphatic heterocycles. The Balaban J connectivity index is 1.90. The van der Waals surface area contributed by atoms with Crippen molar-refractivity contribution in [3.8, 4) is 5.75 Å². The zero-order valence-corrected chi connectivity index (χ0v) is 13.6. The second-order valence-electron chi connectivity index (χ2n) is 4.88. The summed E-state index contributed by atoms with van der Waals surface area (Å²) in [5.41, 5.74) is 0. The van der Waals surface area contributed by atoms with Crippen molar-refractivity contribution in [2.24, 2.45) is 5.92 Å². The number of nitrogens with zero attached hydrogens (tertiary/aromatic N) is 1. The fourth-order valence-corrected chi connectivity index (χ4v) is 3.03. The smallest absolute Gasteiger partial charge is 0.308 e. The first-order valence-corrected chi connectivity index (χ1v) is 7.73. The van der Waals surface area contributed by atoms with Gasteiger partial charge in [0.05, 0.1) is 10.4 Å². The van der Waals surface area contributed by atoms with E-state index in [4.69, 9.17) is 21.4 Å². The van der Waals surface area contributed by atoms with Gasteiger partial charge in [-0.2, -0.15) is 0 Å². The third kappa shape index (κ3) is 4.35. The first kappa shape index (κ1) is 16.1. The summed E-state index contributed by atoms with van der Waals surface area (Å²) in [5.74, 6) is -1.01. The van der Waals surface area contributed by atoms with E-state index in [9.17, 15) is 9.59 Å². The minimum absolute atomic E-state index is 0.118. The Kier molecular flexibility index (Phi) is 5.47. The summed E-state index contributed by atoms with van der Waals surface area (Å²) < 4.78 is 6.13. The fourth-order valence-electron chi connectivity index (χ4n) is 2.23. The lowest BCUT2D eigenvalue weighted by atomic mass is 9.98. The number of carboxylic acid groups (broad SMARTS) is 1. The van der Waals surface area contributed by atoms with Crippen LogP contribution in [0.3, 0.4) is 0 Å². The number of benzene rings is 1. The lowest BCUT2D eigenvalue weighted by Crippen LogP contribution is -2.44. The van der Waals surface area contributed by atoms with E-state index in [1.54, 1.807) is 23.1 Å². The van der Waals surface area contributed by atoms with Crippen LogP contribution < -0.4 is 4.74 Å². The van der Waals surface area contributed by atoms with E-state index in [2.05, 4.69) is 15.9 Å². The number of hydrogen-bond acceptors (Lipinski definition) is 3. The van der Waals surface area contributed by atoms with Crippen LogP contribution in [0.25, 0.3) is 0 Å². The average molecular weight is 377 g/mol. The Hall–Kier alpha value is -1.27. The molecule has 2 rings (SSSR count). The molecule has 114 valence electrons. The van der Waals surface area contributed by atoms with Crippen molar-refractivity contribution in [1.29, 1.82) is 0 Å². The molecule has 1 aromatic carbocycles. The molecule has 1 aliphatic rings. The van der Waals surface area contributed by atoms with E-state index in [0.29, 0.717) is 34.6 Å². The SMILES string of the molecule is O=C(O)C1CCCN(C(=O)COc2ccc(Cl)cc2Br)C1. The maximum atomic E-state index is 12.1. The third-order valence-electron chi connectivity index (χ3n) is 3.37. The van der Waals surface area contributed by atoms with Gasteiger partial charge < -0.3 is 14.7 Å². The quantitative estimate of drug-likeness (QED) is 0.877. The van der Waals surface area contributed by atoms with Crippen LogP contribution in [0.15, 0.2) is 22.7 Å². The monoisotopic (exact) mass is 375 g/mol. The molecule has 0 radical (unpaired) electrons. The summed E-state index contributed by atoms with van der Waals surface area (Å²) in [6.07, 6.45) is 1.32. The molecule has 1 amide bonds. The molecule has 1 saturated heterocycles. The molecule has 1 aromatic rings. The summed E-state index contributed by atoms with van der Waals surface area (Å²) in [7, 11) is 0. The van der Waals surface area contributed by atoms with Crippen molar-refractivity contribution in [1.82, 2.24) is 4.90 Å². The number of likely N-dealkylation sites (tertiary alicyclic amines) is 1. The number of rotatable bonds is 4. The van der Waals surface area contributed by atoms with Crippen LogP contribution in [0.2, 0.25) is 5.02 Å². The zero-order chi connectivity index (χ0) is 15.4. The van der Waals surface area contributed by atoms with Crippen molar-refractivity contribution >= 4 is 39.4 Å². The number of carbonyl (C=O) groups excluding carboxylic acids is 1. The molecule has 1 atom stereocenters. The molecule has 1 unspecified atom stereocenters. The summed E-state index contributed by atoms with van der Waals surface area (Å²) in [6.45, 7) is 0.708. The second-order valence-corrected chi connectivity index (χ2v) is 6.17. The van der Waals surface area contributed by atoms with Gasteiger partial charge in [-0.05, 0) is 47.0 Å². The molecule has 5 nitrogen and oxygen atoms in total. The highest BCUT2D eigenvalue weighted by Crippen LogP contribution is 2.28. The molecule has 21 heavy (non-hydrogen) atoms. The Morgan fingerprint density at radius 2 is 2.24 bits per heavy atom. The van der Waals surface area contributed by atoms with Gasteiger partial charge in [0.2, 0.25) is 0 Å². The molecular weight excluding hydrogens is 362 g/mol. The van der Waals surface area contributed by atoms with Gasteiger partial charge in [-0.1, -0.05) is 11.6 Å². The number of amides is 1. The van der Waals surface area contributed by atoms with Crippen LogP contribution in [0, 0.1) is 5.92 Å². The lowest BCUT2D eigenvalue weighted by molar-refractivity contribution is -0.146. The van der Waals surface area contributed by atoms with E-state index < -0.39 is 11.9 Å². The molecular formula is C14H15BrClNO4. The van der Waals surface area contributed by atoms with Crippen molar-refractivity contribution < 1.29 is 19.4 Å². The molecule has 7 heteroatoms. The van der Waals surface area contributed by atoms with Crippen LogP contribution in [-0.4, -0.2) is 41.6 Å². The number of hydrogen-bond donors (Lipinski definition) is 1. The highest BCUT2D eigenvalue weighted by molar-refractivity contribution is 9.10. The van der Waals surface area contributed by atoms with Gasteiger partial charge >= 0.3 is 5.97 Å². The van der Waals surface area contributed by atoms with E-state index in [1.165, 1.54) is 0 Å². The molecule has 0 bridgehead atoms. The van der Waals surface area contributed by atoms with Gasteiger partial charge in [0.25, 0.3) is 5.91 Å². The largest absolute Gasteiger partial charge is 0.483 e. The lowest BCUT2D eigenvalue weighted by Gasteiger charge is -2.30. The van der Waals surface area contributed by atoms with Gasteiger partial charge in [0.1, 0.15) is 5.75 Å². The first-order chi connectivity index (χ1) is 9.97. The number of carboxylic acids is 1. The highest BCUT2D eigenvalue weighted by Gasteiger charge is 2.28. The Morgan fingerprint density at radius 3 is 2.90 bits per heavy atom. The van der Waals surface area contributed by atoms with Crippen LogP contribution in [0.4, 0.5) is 0 Å². The number of ether oxygens (including phenoxy) is 1. The highest BCUT2D eigenvalue weighted by atomic mass is 79.9. The number of halogens is 2. The fraction of sp³-hybridized carbons (Fsp3) is 0.429. The van der Waals surface area contributed by atoms with Crippen molar-refractivity contribution in [3.63, 3.8) is 0 Å². The van der Waals surface area contributed by atoms with Gasteiger partial charge in [0, 0.05) is 18.1 Å². The third-order valence-corrected chi connectivity index (χ3v) is 4.22. The maximum Gasteiger partial charge on any atom is 0.308 e. The number of carbonyl (C=O) groups is 2. The van der Waals surface area contributed by atoms with E-state index in [0.717, 1.165) is 0 Å². The summed E-state index contributed by atoms with van der Waals surface area (Å²) in [5, 5.41) is 9.59. The Bertz CT molecular complexity index is 552.